The topological polar surface area (TPSA) is 133 Å². The third-order valence-electron chi connectivity index (χ3n) is 3.88. The van der Waals surface area contributed by atoms with Gasteiger partial charge in [-0.25, -0.2) is 9.59 Å². The molecule has 0 radical (unpaired) electrons. The van der Waals surface area contributed by atoms with Crippen molar-refractivity contribution >= 4 is 51.1 Å². The Hall–Kier alpha value is -1.43. The summed E-state index contributed by atoms with van der Waals surface area (Å²) in [5, 5.41) is 0. The van der Waals surface area contributed by atoms with Gasteiger partial charge in [-0.1, -0.05) is 32.9 Å². The molecule has 170 valence electrons. The van der Waals surface area contributed by atoms with Gasteiger partial charge in [0.1, 0.15) is 18.6 Å². The minimum Gasteiger partial charge on any atom is -1.00 e. The van der Waals surface area contributed by atoms with Crippen LogP contribution in [0.2, 0.25) is 0 Å². The van der Waals surface area contributed by atoms with E-state index in [2.05, 4.69) is 13.2 Å². The molecule has 0 amide bonds. The molecule has 11 heteroatoms. The van der Waals surface area contributed by atoms with Crippen LogP contribution >= 0.6 is 0 Å². The maximum absolute atomic E-state index is 12.8. The predicted octanol–water partition coefficient (Wildman–Crippen LogP) is 2.07. The number of esters is 3. The molecule has 0 fully saturated rings. The minimum absolute atomic E-state index is 0. The van der Waals surface area contributed by atoms with E-state index < -0.39 is 52.4 Å². The van der Waals surface area contributed by atoms with Crippen molar-refractivity contribution in [1.29, 1.82) is 0 Å². The number of rotatable bonds is 14. The molecule has 0 unspecified atom stereocenters. The fourth-order valence-electron chi connectivity index (χ4n) is 2.13. The van der Waals surface area contributed by atoms with Gasteiger partial charge in [-0.05, 0) is 26.7 Å². The SMILES string of the molecule is C=C(C)C(=O)OCC(CCCC)(COC(=O)C(=C)C)C(=O)OCCCS(=O)(=O)O.[H-].[H-].[Mg+2]. The molecule has 0 aliphatic heterocycles. The molecule has 9 nitrogen and oxygen atoms in total. The number of hydrogen-bond donors (Lipinski definition) is 1. The van der Waals surface area contributed by atoms with Crippen LogP contribution in [0.4, 0.5) is 0 Å². The largest absolute Gasteiger partial charge is 2.00 e. The molecule has 0 rings (SSSR count). The van der Waals surface area contributed by atoms with Crippen LogP contribution in [-0.4, -0.2) is 79.5 Å². The Labute approximate surface area is 197 Å². The Morgan fingerprint density at radius 2 is 1.43 bits per heavy atom. The van der Waals surface area contributed by atoms with Crippen LogP contribution in [0.3, 0.4) is 0 Å². The summed E-state index contributed by atoms with van der Waals surface area (Å²) in [4.78, 5) is 36.4. The molecule has 1 N–H and O–H groups in total. The van der Waals surface area contributed by atoms with E-state index in [4.69, 9.17) is 18.8 Å². The standard InChI is InChI=1S/C19H30O9S.Mg.2H/c1-6-7-9-19(12-27-16(20)14(2)3,13-28-17(21)15(4)5)18(22)26-10-8-11-29(23,24)25;;;/h2,4,6-13H2,1,3,5H3,(H,23,24,25);;;/q;+2;2*-1. The maximum atomic E-state index is 12.8. The van der Waals surface area contributed by atoms with Crippen LogP contribution in [0.15, 0.2) is 24.3 Å². The monoisotopic (exact) mass is 460 g/mol. The van der Waals surface area contributed by atoms with Crippen molar-refractivity contribution in [2.45, 2.75) is 46.5 Å². The van der Waals surface area contributed by atoms with Crippen LogP contribution in [0.1, 0.15) is 49.3 Å². The number of carbonyl (C=O) groups is 3. The molecule has 0 aliphatic carbocycles. The van der Waals surface area contributed by atoms with Crippen molar-refractivity contribution in [3.63, 3.8) is 0 Å². The number of ether oxygens (including phenoxy) is 3. The first-order valence-corrected chi connectivity index (χ1v) is 10.7. The van der Waals surface area contributed by atoms with E-state index in [0.717, 1.165) is 0 Å². The minimum atomic E-state index is -4.18. The van der Waals surface area contributed by atoms with Crippen molar-refractivity contribution in [1.82, 2.24) is 0 Å². The summed E-state index contributed by atoms with van der Waals surface area (Å²) in [6.45, 7) is 10.7. The van der Waals surface area contributed by atoms with Gasteiger partial charge in [0.05, 0.1) is 12.4 Å². The van der Waals surface area contributed by atoms with Gasteiger partial charge in [-0.3, -0.25) is 9.35 Å². The first-order valence-electron chi connectivity index (χ1n) is 9.12. The fourth-order valence-corrected chi connectivity index (χ4v) is 2.62. The van der Waals surface area contributed by atoms with Gasteiger partial charge in [0.2, 0.25) is 0 Å². The average molecular weight is 461 g/mol. The molecular weight excluding hydrogens is 429 g/mol. The van der Waals surface area contributed by atoms with Gasteiger partial charge in [-0.15, -0.1) is 0 Å². The van der Waals surface area contributed by atoms with E-state index in [1.54, 1.807) is 0 Å². The van der Waals surface area contributed by atoms with Gasteiger partial charge in [0.25, 0.3) is 10.1 Å². The predicted molar refractivity (Wildman–Crippen MR) is 113 cm³/mol. The van der Waals surface area contributed by atoms with Gasteiger partial charge < -0.3 is 17.1 Å². The summed E-state index contributed by atoms with van der Waals surface area (Å²) < 4.78 is 45.8. The van der Waals surface area contributed by atoms with Gasteiger partial charge >= 0.3 is 41.0 Å². The molecule has 0 aromatic rings. The first-order chi connectivity index (χ1) is 13.3. The Morgan fingerprint density at radius 3 is 1.80 bits per heavy atom. The second kappa shape index (κ2) is 14.6. The van der Waals surface area contributed by atoms with Crippen LogP contribution in [0.5, 0.6) is 0 Å². The van der Waals surface area contributed by atoms with E-state index in [1.165, 1.54) is 13.8 Å². The van der Waals surface area contributed by atoms with E-state index >= 15 is 0 Å². The number of carbonyl (C=O) groups excluding carboxylic acids is 3. The molecule has 0 aliphatic rings. The van der Waals surface area contributed by atoms with Gasteiger partial charge in [-0.2, -0.15) is 8.42 Å². The second-order valence-electron chi connectivity index (χ2n) is 6.87. The van der Waals surface area contributed by atoms with Crippen LogP contribution in [0, 0.1) is 5.41 Å². The molecule has 0 spiro atoms. The Balaban J connectivity index is -0.00000131. The zero-order valence-electron chi connectivity index (χ0n) is 19.9. The van der Waals surface area contributed by atoms with Crippen LogP contribution in [-0.2, 0) is 38.7 Å². The average Bonchev–Trinajstić information content (AvgIpc) is 2.63. The molecule has 0 saturated carbocycles. The molecule has 0 bridgehead atoms. The van der Waals surface area contributed by atoms with Gasteiger partial charge in [0.15, 0.2) is 0 Å². The van der Waals surface area contributed by atoms with E-state index in [-0.39, 0.29) is 56.5 Å². The van der Waals surface area contributed by atoms with E-state index in [0.29, 0.717) is 12.8 Å². The summed E-state index contributed by atoms with van der Waals surface area (Å²) in [7, 11) is -4.18. The molecule has 0 atom stereocenters. The summed E-state index contributed by atoms with van der Waals surface area (Å²) in [6.07, 6.45) is 1.34. The molecule has 0 saturated heterocycles. The van der Waals surface area contributed by atoms with E-state index in [9.17, 15) is 22.8 Å². The first kappa shape index (κ1) is 30.8. The summed E-state index contributed by atoms with van der Waals surface area (Å²) >= 11 is 0. The number of hydrogen-bond acceptors (Lipinski definition) is 8. The Kier molecular flexibility index (Phi) is 14.9. The normalized spacial score (nSPS) is 11.1. The molecule has 0 aromatic carbocycles. The van der Waals surface area contributed by atoms with Crippen molar-refractivity contribution in [2.75, 3.05) is 25.6 Å². The fraction of sp³-hybridized carbons (Fsp3) is 0.632. The van der Waals surface area contributed by atoms with Crippen molar-refractivity contribution < 1.29 is 44.4 Å². The third-order valence-corrected chi connectivity index (χ3v) is 4.68. The number of unbranched alkanes of at least 4 members (excludes halogenated alkanes) is 1. The molecule has 0 heterocycles. The van der Waals surface area contributed by atoms with Gasteiger partial charge in [0, 0.05) is 11.1 Å². The molecule has 30 heavy (non-hydrogen) atoms. The van der Waals surface area contributed by atoms with Crippen LogP contribution in [0.25, 0.3) is 0 Å². The van der Waals surface area contributed by atoms with Crippen molar-refractivity contribution in [3.05, 3.63) is 24.3 Å². The van der Waals surface area contributed by atoms with E-state index in [1.807, 2.05) is 6.92 Å². The summed E-state index contributed by atoms with van der Waals surface area (Å²) in [5.74, 6) is -2.80. The Morgan fingerprint density at radius 1 is 0.967 bits per heavy atom. The smallest absolute Gasteiger partial charge is 1.00 e. The maximum Gasteiger partial charge on any atom is 2.00 e. The van der Waals surface area contributed by atoms with Crippen LogP contribution < -0.4 is 0 Å². The second-order valence-corrected chi connectivity index (χ2v) is 8.44. The van der Waals surface area contributed by atoms with Crippen molar-refractivity contribution in [2.24, 2.45) is 5.41 Å². The summed E-state index contributed by atoms with van der Waals surface area (Å²) in [6, 6.07) is 0. The third kappa shape index (κ3) is 12.3. The zero-order valence-corrected chi connectivity index (χ0v) is 20.1. The van der Waals surface area contributed by atoms with Crippen molar-refractivity contribution in [3.8, 4) is 0 Å². The molecule has 0 aromatic heterocycles. The quantitative estimate of drug-likeness (QED) is 0.103. The Bertz CT molecular complexity index is 709. The zero-order chi connectivity index (χ0) is 22.7. The molecular formula is C19H32MgO9S. The summed E-state index contributed by atoms with van der Waals surface area (Å²) in [5.41, 5.74) is -1.20.